The van der Waals surface area contributed by atoms with E-state index in [0.29, 0.717) is 18.5 Å². The summed E-state index contributed by atoms with van der Waals surface area (Å²) in [5.41, 5.74) is 8.08. The molecule has 2 aromatic heterocycles. The van der Waals surface area contributed by atoms with Gasteiger partial charge < -0.3 is 15.4 Å². The van der Waals surface area contributed by atoms with Crippen molar-refractivity contribution in [3.8, 4) is 10.6 Å². The number of ether oxygens (including phenoxy) is 1. The van der Waals surface area contributed by atoms with Crippen LogP contribution in [0.25, 0.3) is 10.6 Å². The van der Waals surface area contributed by atoms with Crippen LogP contribution in [0.1, 0.15) is 26.0 Å². The van der Waals surface area contributed by atoms with Crippen LogP contribution < -0.4 is 10.6 Å². The fourth-order valence-electron chi connectivity index (χ4n) is 2.09. The normalized spacial score (nSPS) is 12.6. The fraction of sp³-hybridized carbons (Fsp3) is 0.571. The van der Waals surface area contributed by atoms with Gasteiger partial charge in [0.25, 0.3) is 0 Å². The molecule has 2 N–H and O–H groups in total. The number of nitrogen functional groups attached to an aromatic ring is 1. The second-order valence-corrected chi connectivity index (χ2v) is 6.60. The predicted molar refractivity (Wildman–Crippen MR) is 91.3 cm³/mol. The highest BCUT2D eigenvalue weighted by atomic mass is 32.1. The van der Waals surface area contributed by atoms with Crippen LogP contribution in [0.15, 0.2) is 5.38 Å². The third kappa shape index (κ3) is 3.53. The molecule has 0 aliphatic rings. The summed E-state index contributed by atoms with van der Waals surface area (Å²) in [6, 6.07) is 0.403. The number of aryl methyl sites for hydroxylation is 1. The molecule has 5 nitrogen and oxygen atoms in total. The van der Waals surface area contributed by atoms with Crippen molar-refractivity contribution < 1.29 is 4.74 Å². The molecule has 0 amide bonds. The van der Waals surface area contributed by atoms with E-state index in [0.717, 1.165) is 34.2 Å². The van der Waals surface area contributed by atoms with Gasteiger partial charge in [0.05, 0.1) is 12.2 Å². The quantitative estimate of drug-likeness (QED) is 0.844. The molecular formula is C14H22N4OS2. The summed E-state index contributed by atoms with van der Waals surface area (Å²) >= 11 is 3.06. The van der Waals surface area contributed by atoms with E-state index in [1.165, 1.54) is 11.5 Å². The van der Waals surface area contributed by atoms with E-state index in [1.54, 1.807) is 18.4 Å². The van der Waals surface area contributed by atoms with E-state index in [9.17, 15) is 0 Å². The van der Waals surface area contributed by atoms with Crippen molar-refractivity contribution >= 4 is 33.7 Å². The molecule has 0 spiro atoms. The Bertz CT molecular complexity index is 581. The largest absolute Gasteiger partial charge is 0.383 e. The van der Waals surface area contributed by atoms with Gasteiger partial charge in [0.15, 0.2) is 0 Å². The number of aromatic nitrogens is 2. The number of rotatable bonds is 7. The van der Waals surface area contributed by atoms with Crippen LogP contribution in [0.5, 0.6) is 0 Å². The van der Waals surface area contributed by atoms with Gasteiger partial charge in [-0.1, -0.05) is 6.92 Å². The van der Waals surface area contributed by atoms with Gasteiger partial charge in [-0.15, -0.1) is 11.3 Å². The molecule has 0 saturated carbocycles. The average Bonchev–Trinajstić information content (AvgIpc) is 3.05. The Labute approximate surface area is 133 Å². The maximum atomic E-state index is 6.10. The van der Waals surface area contributed by atoms with Gasteiger partial charge >= 0.3 is 0 Å². The van der Waals surface area contributed by atoms with Crippen molar-refractivity contribution in [2.75, 3.05) is 30.9 Å². The number of nitrogens with zero attached hydrogens (tertiary/aromatic N) is 3. The maximum Gasteiger partial charge on any atom is 0.149 e. The van der Waals surface area contributed by atoms with Gasteiger partial charge in [-0.2, -0.15) is 4.37 Å². The molecule has 0 aromatic carbocycles. The van der Waals surface area contributed by atoms with E-state index >= 15 is 0 Å². The molecule has 2 heterocycles. The smallest absolute Gasteiger partial charge is 0.149 e. The third-order valence-corrected chi connectivity index (χ3v) is 5.33. The molecule has 0 radical (unpaired) electrons. The summed E-state index contributed by atoms with van der Waals surface area (Å²) in [5.74, 6) is 0.565. The Kier molecular flexibility index (Phi) is 5.55. The highest BCUT2D eigenvalue weighted by Crippen LogP contribution is 2.41. The first-order valence-electron chi connectivity index (χ1n) is 7.01. The lowest BCUT2D eigenvalue weighted by atomic mass is 10.2. The lowest BCUT2D eigenvalue weighted by Gasteiger charge is -2.29. The highest BCUT2D eigenvalue weighted by molar-refractivity contribution is 7.15. The Hall–Kier alpha value is -1.18. The van der Waals surface area contributed by atoms with Crippen LogP contribution in [-0.2, 0) is 4.74 Å². The van der Waals surface area contributed by atoms with Crippen molar-refractivity contribution in [3.63, 3.8) is 0 Å². The maximum absolute atomic E-state index is 6.10. The number of thiazole rings is 1. The standard InChI is InChI=1S/C14H22N4OS2/c1-5-10(3)18(6-7-19-4)14-11(12(15)17-21-14)13-16-9(2)8-20-13/h8,10H,5-7H2,1-4H3,(H2,15,17). The van der Waals surface area contributed by atoms with Crippen molar-refractivity contribution in [2.45, 2.75) is 33.2 Å². The van der Waals surface area contributed by atoms with Crippen LogP contribution in [0.4, 0.5) is 10.8 Å². The van der Waals surface area contributed by atoms with Gasteiger partial charge in [-0.05, 0) is 31.8 Å². The molecule has 2 rings (SSSR count). The number of hydrogen-bond acceptors (Lipinski definition) is 7. The lowest BCUT2D eigenvalue weighted by molar-refractivity contribution is 0.203. The molecule has 0 saturated heterocycles. The second kappa shape index (κ2) is 7.20. The zero-order valence-electron chi connectivity index (χ0n) is 12.9. The van der Waals surface area contributed by atoms with Gasteiger partial charge in [0, 0.05) is 30.8 Å². The van der Waals surface area contributed by atoms with Crippen LogP contribution in [0.2, 0.25) is 0 Å². The van der Waals surface area contributed by atoms with E-state index in [2.05, 4.69) is 28.1 Å². The minimum Gasteiger partial charge on any atom is -0.383 e. The second-order valence-electron chi connectivity index (χ2n) is 4.99. The Morgan fingerprint density at radius 3 is 2.81 bits per heavy atom. The average molecular weight is 326 g/mol. The van der Waals surface area contributed by atoms with E-state index in [-0.39, 0.29) is 0 Å². The first-order valence-corrected chi connectivity index (χ1v) is 8.67. The highest BCUT2D eigenvalue weighted by Gasteiger charge is 2.24. The van der Waals surface area contributed by atoms with Crippen LogP contribution in [0.3, 0.4) is 0 Å². The van der Waals surface area contributed by atoms with Gasteiger partial charge in [-0.3, -0.25) is 0 Å². The summed E-state index contributed by atoms with van der Waals surface area (Å²) < 4.78 is 9.59. The number of nitrogens with two attached hydrogens (primary N) is 1. The molecule has 116 valence electrons. The lowest BCUT2D eigenvalue weighted by Crippen LogP contribution is -2.35. The van der Waals surface area contributed by atoms with Crippen molar-refractivity contribution in [1.29, 1.82) is 0 Å². The first-order chi connectivity index (χ1) is 10.1. The molecule has 7 heteroatoms. The molecular weight excluding hydrogens is 304 g/mol. The van der Waals surface area contributed by atoms with E-state index < -0.39 is 0 Å². The monoisotopic (exact) mass is 326 g/mol. The Morgan fingerprint density at radius 2 is 2.24 bits per heavy atom. The number of anilines is 2. The van der Waals surface area contributed by atoms with Crippen molar-refractivity contribution in [2.24, 2.45) is 0 Å². The number of hydrogen-bond donors (Lipinski definition) is 1. The summed E-state index contributed by atoms with van der Waals surface area (Å²) in [5, 5.41) is 4.08. The predicted octanol–water partition coefficient (Wildman–Crippen LogP) is 3.41. The minimum atomic E-state index is 0.403. The summed E-state index contributed by atoms with van der Waals surface area (Å²) in [6.07, 6.45) is 1.05. The van der Waals surface area contributed by atoms with Crippen LogP contribution >= 0.6 is 22.9 Å². The third-order valence-electron chi connectivity index (χ3n) is 3.45. The van der Waals surface area contributed by atoms with Gasteiger partial charge in [0.1, 0.15) is 15.8 Å². The summed E-state index contributed by atoms with van der Waals surface area (Å²) in [7, 11) is 1.72. The molecule has 2 aromatic rings. The fourth-order valence-corrected chi connectivity index (χ4v) is 3.95. The molecule has 0 aliphatic heterocycles. The van der Waals surface area contributed by atoms with E-state index in [1.807, 2.05) is 12.3 Å². The van der Waals surface area contributed by atoms with Crippen LogP contribution in [0, 0.1) is 6.92 Å². The molecule has 0 fully saturated rings. The summed E-state index contributed by atoms with van der Waals surface area (Å²) in [6.45, 7) is 7.89. The van der Waals surface area contributed by atoms with Gasteiger partial charge in [-0.25, -0.2) is 4.98 Å². The molecule has 21 heavy (non-hydrogen) atoms. The Balaban J connectivity index is 2.41. The Morgan fingerprint density at radius 1 is 1.48 bits per heavy atom. The van der Waals surface area contributed by atoms with Crippen molar-refractivity contribution in [1.82, 2.24) is 9.36 Å². The summed E-state index contributed by atoms with van der Waals surface area (Å²) in [4.78, 5) is 6.89. The first kappa shape index (κ1) is 16.2. The molecule has 1 atom stereocenters. The zero-order valence-corrected chi connectivity index (χ0v) is 14.6. The minimum absolute atomic E-state index is 0.403. The van der Waals surface area contributed by atoms with Crippen molar-refractivity contribution in [3.05, 3.63) is 11.1 Å². The van der Waals surface area contributed by atoms with Gasteiger partial charge in [0.2, 0.25) is 0 Å². The molecule has 1 unspecified atom stereocenters. The molecule has 0 aliphatic carbocycles. The van der Waals surface area contributed by atoms with E-state index in [4.69, 9.17) is 10.5 Å². The van der Waals surface area contributed by atoms with Crippen LogP contribution in [-0.4, -0.2) is 35.7 Å². The SMILES string of the molecule is CCC(C)N(CCOC)c1snc(N)c1-c1nc(C)cs1. The number of methoxy groups -OCH3 is 1. The zero-order chi connectivity index (χ0) is 15.4. The topological polar surface area (TPSA) is 64.3 Å². The molecule has 0 bridgehead atoms.